The van der Waals surface area contributed by atoms with Crippen LogP contribution >= 0.6 is 0 Å². The van der Waals surface area contributed by atoms with Gasteiger partial charge in [-0.05, 0) is 41.8 Å². The van der Waals surface area contributed by atoms with Crippen molar-refractivity contribution in [2.45, 2.75) is 32.9 Å². The molecule has 0 spiro atoms. The summed E-state index contributed by atoms with van der Waals surface area (Å²) in [4.78, 5) is 23.3. The maximum absolute atomic E-state index is 12.8. The Morgan fingerprint density at radius 1 is 1.14 bits per heavy atom. The number of nitrogens with one attached hydrogen (secondary N) is 1. The van der Waals surface area contributed by atoms with Crippen LogP contribution in [0.2, 0.25) is 0 Å². The first-order chi connectivity index (χ1) is 13.5. The summed E-state index contributed by atoms with van der Waals surface area (Å²) in [5.74, 6) is 0.579. The Morgan fingerprint density at radius 2 is 1.96 bits per heavy atom. The fourth-order valence-corrected chi connectivity index (χ4v) is 3.37. The van der Waals surface area contributed by atoms with Gasteiger partial charge in [0.2, 0.25) is 5.95 Å². The molecule has 1 aromatic heterocycles. The number of rotatable bonds is 4. The number of aromatic nitrogens is 2. The SMILES string of the molecule is CC(C)c1cccc(NC(=O)c2cccc(N3Cc4cnc(N)nc4C3)c2)c1. The van der Waals surface area contributed by atoms with E-state index in [1.165, 1.54) is 5.56 Å². The molecule has 0 saturated carbocycles. The molecule has 0 unspecified atom stereocenters. The second-order valence-corrected chi connectivity index (χ2v) is 7.34. The fourth-order valence-electron chi connectivity index (χ4n) is 3.37. The van der Waals surface area contributed by atoms with E-state index in [9.17, 15) is 4.79 Å². The smallest absolute Gasteiger partial charge is 0.255 e. The lowest BCUT2D eigenvalue weighted by atomic mass is 10.0. The molecule has 2 heterocycles. The van der Waals surface area contributed by atoms with Crippen molar-refractivity contribution in [2.75, 3.05) is 16.0 Å². The largest absolute Gasteiger partial charge is 0.368 e. The molecule has 6 heteroatoms. The number of anilines is 3. The van der Waals surface area contributed by atoms with Crippen LogP contribution in [0, 0.1) is 0 Å². The molecule has 1 aliphatic rings. The normalized spacial score (nSPS) is 12.9. The number of nitrogens with zero attached hydrogens (tertiary/aromatic N) is 3. The van der Waals surface area contributed by atoms with Crippen molar-refractivity contribution in [3.8, 4) is 0 Å². The molecule has 0 atom stereocenters. The number of benzene rings is 2. The highest BCUT2D eigenvalue weighted by Gasteiger charge is 2.22. The van der Waals surface area contributed by atoms with Crippen molar-refractivity contribution >= 4 is 23.2 Å². The molecule has 142 valence electrons. The highest BCUT2D eigenvalue weighted by Crippen LogP contribution is 2.28. The van der Waals surface area contributed by atoms with E-state index >= 15 is 0 Å². The van der Waals surface area contributed by atoms with Crippen molar-refractivity contribution in [3.63, 3.8) is 0 Å². The Balaban J connectivity index is 1.51. The number of fused-ring (bicyclic) bond motifs is 1. The first-order valence-corrected chi connectivity index (χ1v) is 9.36. The van der Waals surface area contributed by atoms with Crippen molar-refractivity contribution in [1.29, 1.82) is 0 Å². The van der Waals surface area contributed by atoms with Gasteiger partial charge in [0.15, 0.2) is 0 Å². The van der Waals surface area contributed by atoms with Crippen LogP contribution in [0.5, 0.6) is 0 Å². The standard InChI is InChI=1S/C22H23N5O/c1-14(2)15-5-3-7-18(9-15)25-21(28)16-6-4-8-19(10-16)27-12-17-11-24-22(23)26-20(17)13-27/h3-11,14H,12-13H2,1-2H3,(H,25,28)(H2,23,24,26). The number of carbonyl (C=O) groups is 1. The predicted octanol–water partition coefficient (Wildman–Crippen LogP) is 3.95. The average molecular weight is 373 g/mol. The summed E-state index contributed by atoms with van der Waals surface area (Å²) in [5.41, 5.74) is 11.3. The van der Waals surface area contributed by atoms with Crippen molar-refractivity contribution in [1.82, 2.24) is 9.97 Å². The highest BCUT2D eigenvalue weighted by atomic mass is 16.1. The summed E-state index contributed by atoms with van der Waals surface area (Å²) in [6.07, 6.45) is 1.77. The van der Waals surface area contributed by atoms with Gasteiger partial charge in [0, 0.05) is 35.2 Å². The zero-order valence-electron chi connectivity index (χ0n) is 16.0. The van der Waals surface area contributed by atoms with Crippen LogP contribution in [-0.2, 0) is 13.1 Å². The molecular weight excluding hydrogens is 350 g/mol. The molecule has 1 amide bonds. The first-order valence-electron chi connectivity index (χ1n) is 9.36. The van der Waals surface area contributed by atoms with Gasteiger partial charge in [0.1, 0.15) is 0 Å². The first kappa shape index (κ1) is 18.0. The molecule has 28 heavy (non-hydrogen) atoms. The molecule has 3 aromatic rings. The van der Waals surface area contributed by atoms with Gasteiger partial charge in [-0.15, -0.1) is 0 Å². The van der Waals surface area contributed by atoms with Crippen molar-refractivity contribution in [2.24, 2.45) is 0 Å². The van der Waals surface area contributed by atoms with Crippen LogP contribution in [0.25, 0.3) is 0 Å². The van der Waals surface area contributed by atoms with Gasteiger partial charge in [-0.1, -0.05) is 32.0 Å². The van der Waals surface area contributed by atoms with E-state index in [4.69, 9.17) is 5.73 Å². The van der Waals surface area contributed by atoms with Crippen LogP contribution in [0.4, 0.5) is 17.3 Å². The van der Waals surface area contributed by atoms with E-state index in [0.717, 1.165) is 22.6 Å². The molecule has 6 nitrogen and oxygen atoms in total. The Kier molecular flexibility index (Phi) is 4.69. The van der Waals surface area contributed by atoms with Crippen LogP contribution in [-0.4, -0.2) is 15.9 Å². The van der Waals surface area contributed by atoms with Crippen LogP contribution < -0.4 is 16.0 Å². The maximum atomic E-state index is 12.8. The number of hydrogen-bond donors (Lipinski definition) is 2. The van der Waals surface area contributed by atoms with E-state index in [0.29, 0.717) is 24.6 Å². The summed E-state index contributed by atoms with van der Waals surface area (Å²) in [6, 6.07) is 15.6. The predicted molar refractivity (Wildman–Crippen MR) is 111 cm³/mol. The third-order valence-corrected chi connectivity index (χ3v) is 4.96. The number of nitrogen functional groups attached to an aromatic ring is 1. The van der Waals surface area contributed by atoms with Crippen molar-refractivity contribution < 1.29 is 4.79 Å². The summed E-state index contributed by atoms with van der Waals surface area (Å²) in [6.45, 7) is 5.63. The average Bonchev–Trinajstić information content (AvgIpc) is 3.11. The van der Waals surface area contributed by atoms with Gasteiger partial charge in [0.25, 0.3) is 5.91 Å². The molecule has 0 radical (unpaired) electrons. The van der Waals surface area contributed by atoms with Gasteiger partial charge in [0.05, 0.1) is 12.2 Å². The lowest BCUT2D eigenvalue weighted by Crippen LogP contribution is -2.17. The topological polar surface area (TPSA) is 84.1 Å². The molecule has 0 fully saturated rings. The number of nitrogens with two attached hydrogens (primary N) is 1. The summed E-state index contributed by atoms with van der Waals surface area (Å²) < 4.78 is 0. The Hall–Kier alpha value is -3.41. The number of amides is 1. The Morgan fingerprint density at radius 3 is 2.79 bits per heavy atom. The summed E-state index contributed by atoms with van der Waals surface area (Å²) in [5, 5.41) is 3.00. The van der Waals surface area contributed by atoms with Gasteiger partial charge >= 0.3 is 0 Å². The number of carbonyl (C=O) groups excluding carboxylic acids is 1. The van der Waals surface area contributed by atoms with Gasteiger partial charge in [-0.2, -0.15) is 0 Å². The molecule has 2 aromatic carbocycles. The zero-order valence-corrected chi connectivity index (χ0v) is 16.0. The van der Waals surface area contributed by atoms with Crippen LogP contribution in [0.3, 0.4) is 0 Å². The lowest BCUT2D eigenvalue weighted by molar-refractivity contribution is 0.102. The van der Waals surface area contributed by atoms with Crippen LogP contribution in [0.1, 0.15) is 46.9 Å². The molecule has 3 N–H and O–H groups in total. The third-order valence-electron chi connectivity index (χ3n) is 4.96. The maximum Gasteiger partial charge on any atom is 0.255 e. The van der Waals surface area contributed by atoms with Gasteiger partial charge in [-0.3, -0.25) is 4.79 Å². The summed E-state index contributed by atoms with van der Waals surface area (Å²) in [7, 11) is 0. The Labute approximate surface area is 164 Å². The monoisotopic (exact) mass is 373 g/mol. The molecule has 4 rings (SSSR count). The van der Waals surface area contributed by atoms with E-state index in [2.05, 4.69) is 40.1 Å². The Bertz CT molecular complexity index is 1030. The molecular formula is C22H23N5O. The zero-order chi connectivity index (χ0) is 19.7. The minimum absolute atomic E-state index is 0.122. The highest BCUT2D eigenvalue weighted by molar-refractivity contribution is 6.04. The lowest BCUT2D eigenvalue weighted by Gasteiger charge is -2.18. The third kappa shape index (κ3) is 3.67. The second kappa shape index (κ2) is 7.31. The van der Waals surface area contributed by atoms with Crippen LogP contribution in [0.15, 0.2) is 54.7 Å². The molecule has 0 saturated heterocycles. The number of hydrogen-bond acceptors (Lipinski definition) is 5. The van der Waals surface area contributed by atoms with E-state index < -0.39 is 0 Å². The van der Waals surface area contributed by atoms with Crippen molar-refractivity contribution in [3.05, 3.63) is 77.1 Å². The summed E-state index contributed by atoms with van der Waals surface area (Å²) >= 11 is 0. The minimum Gasteiger partial charge on any atom is -0.368 e. The second-order valence-electron chi connectivity index (χ2n) is 7.34. The molecule has 0 bridgehead atoms. The van der Waals surface area contributed by atoms with Gasteiger partial charge < -0.3 is 16.0 Å². The van der Waals surface area contributed by atoms with E-state index in [1.54, 1.807) is 6.20 Å². The minimum atomic E-state index is -0.122. The molecule has 1 aliphatic heterocycles. The fraction of sp³-hybridized carbons (Fsp3) is 0.227. The van der Waals surface area contributed by atoms with E-state index in [-0.39, 0.29) is 11.9 Å². The van der Waals surface area contributed by atoms with E-state index in [1.807, 2.05) is 42.5 Å². The van der Waals surface area contributed by atoms with Gasteiger partial charge in [-0.25, -0.2) is 9.97 Å². The molecule has 0 aliphatic carbocycles. The quantitative estimate of drug-likeness (QED) is 0.723.